The van der Waals surface area contributed by atoms with Crippen LogP contribution in [-0.4, -0.2) is 11.1 Å². The predicted molar refractivity (Wildman–Crippen MR) is 43.5 cm³/mol. The highest BCUT2D eigenvalue weighted by atomic mass is 35.5. The molecule has 3 heteroatoms. The SMILES string of the molecule is O=C(O)CC1=CCCC(Cl)=C1. The van der Waals surface area contributed by atoms with Gasteiger partial charge in [-0.25, -0.2) is 0 Å². The van der Waals surface area contributed by atoms with Gasteiger partial charge in [-0.15, -0.1) is 0 Å². The van der Waals surface area contributed by atoms with Crippen molar-refractivity contribution in [3.05, 3.63) is 22.8 Å². The van der Waals surface area contributed by atoms with E-state index in [2.05, 4.69) is 0 Å². The lowest BCUT2D eigenvalue weighted by Gasteiger charge is -2.06. The normalized spacial score (nSPS) is 17.2. The summed E-state index contributed by atoms with van der Waals surface area (Å²) in [7, 11) is 0. The molecule has 0 spiro atoms. The number of aliphatic carboxylic acids is 1. The summed E-state index contributed by atoms with van der Waals surface area (Å²) in [4.78, 5) is 10.3. The van der Waals surface area contributed by atoms with Gasteiger partial charge in [0.15, 0.2) is 0 Å². The van der Waals surface area contributed by atoms with Crippen LogP contribution in [0.2, 0.25) is 0 Å². The van der Waals surface area contributed by atoms with E-state index in [0.29, 0.717) is 0 Å². The van der Waals surface area contributed by atoms with Crippen LogP contribution in [0.5, 0.6) is 0 Å². The Balaban J connectivity index is 2.59. The molecule has 60 valence electrons. The Kier molecular flexibility index (Phi) is 2.71. The highest BCUT2D eigenvalue weighted by molar-refractivity contribution is 6.29. The van der Waals surface area contributed by atoms with E-state index in [4.69, 9.17) is 16.7 Å². The van der Waals surface area contributed by atoms with Gasteiger partial charge in [0, 0.05) is 5.03 Å². The maximum Gasteiger partial charge on any atom is 0.307 e. The van der Waals surface area contributed by atoms with Gasteiger partial charge >= 0.3 is 5.97 Å². The molecule has 0 saturated heterocycles. The van der Waals surface area contributed by atoms with Crippen molar-refractivity contribution in [2.45, 2.75) is 19.3 Å². The van der Waals surface area contributed by atoms with E-state index in [0.717, 1.165) is 23.4 Å². The molecule has 0 aromatic carbocycles. The van der Waals surface area contributed by atoms with Crippen LogP contribution in [0.4, 0.5) is 0 Å². The highest BCUT2D eigenvalue weighted by Crippen LogP contribution is 2.21. The number of carboxylic acids is 1. The Morgan fingerprint density at radius 2 is 2.45 bits per heavy atom. The molecule has 1 rings (SSSR count). The molecule has 0 heterocycles. The topological polar surface area (TPSA) is 37.3 Å². The first-order valence-electron chi connectivity index (χ1n) is 3.45. The Labute approximate surface area is 70.2 Å². The molecule has 0 radical (unpaired) electrons. The monoisotopic (exact) mass is 172 g/mol. The van der Waals surface area contributed by atoms with Gasteiger partial charge in [-0.3, -0.25) is 4.79 Å². The van der Waals surface area contributed by atoms with E-state index in [1.54, 1.807) is 6.08 Å². The van der Waals surface area contributed by atoms with E-state index >= 15 is 0 Å². The average molecular weight is 173 g/mol. The lowest BCUT2D eigenvalue weighted by molar-refractivity contribution is -0.136. The quantitative estimate of drug-likeness (QED) is 0.694. The van der Waals surface area contributed by atoms with Gasteiger partial charge in [0.2, 0.25) is 0 Å². The molecule has 1 aliphatic carbocycles. The zero-order valence-electron chi connectivity index (χ0n) is 6.01. The van der Waals surface area contributed by atoms with Crippen molar-refractivity contribution in [2.24, 2.45) is 0 Å². The van der Waals surface area contributed by atoms with Crippen molar-refractivity contribution in [3.63, 3.8) is 0 Å². The lowest BCUT2D eigenvalue weighted by atomic mass is 10.0. The summed E-state index contributed by atoms with van der Waals surface area (Å²) in [6, 6.07) is 0. The molecule has 0 unspecified atom stereocenters. The van der Waals surface area contributed by atoms with Crippen LogP contribution in [0.3, 0.4) is 0 Å². The zero-order valence-corrected chi connectivity index (χ0v) is 6.77. The smallest absolute Gasteiger partial charge is 0.307 e. The number of allylic oxidation sites excluding steroid dienone is 3. The summed E-state index contributed by atoms with van der Waals surface area (Å²) < 4.78 is 0. The largest absolute Gasteiger partial charge is 0.481 e. The zero-order chi connectivity index (χ0) is 8.27. The minimum atomic E-state index is -0.807. The van der Waals surface area contributed by atoms with Gasteiger partial charge < -0.3 is 5.11 Å². The van der Waals surface area contributed by atoms with Crippen LogP contribution >= 0.6 is 11.6 Å². The molecule has 0 aromatic rings. The molecular weight excluding hydrogens is 164 g/mol. The third-order valence-corrected chi connectivity index (χ3v) is 1.79. The lowest BCUT2D eigenvalue weighted by Crippen LogP contribution is -1.98. The number of hydrogen-bond acceptors (Lipinski definition) is 1. The average Bonchev–Trinajstić information content (AvgIpc) is 1.85. The maximum absolute atomic E-state index is 10.3. The van der Waals surface area contributed by atoms with Crippen molar-refractivity contribution in [3.8, 4) is 0 Å². The van der Waals surface area contributed by atoms with Gasteiger partial charge in [-0.1, -0.05) is 17.7 Å². The van der Waals surface area contributed by atoms with E-state index in [-0.39, 0.29) is 6.42 Å². The number of halogens is 1. The predicted octanol–water partition coefficient (Wildman–Crippen LogP) is 2.30. The summed E-state index contributed by atoms with van der Waals surface area (Å²) >= 11 is 5.72. The highest BCUT2D eigenvalue weighted by Gasteiger charge is 2.06. The maximum atomic E-state index is 10.3. The third kappa shape index (κ3) is 2.76. The van der Waals surface area contributed by atoms with Crippen LogP contribution in [0.15, 0.2) is 22.8 Å². The Hall–Kier alpha value is -0.760. The first-order chi connectivity index (χ1) is 5.18. The first-order valence-corrected chi connectivity index (χ1v) is 3.83. The number of carbonyl (C=O) groups is 1. The fraction of sp³-hybridized carbons (Fsp3) is 0.375. The van der Waals surface area contributed by atoms with Crippen molar-refractivity contribution < 1.29 is 9.90 Å². The molecular formula is C8H9ClO2. The molecule has 1 aliphatic rings. The van der Waals surface area contributed by atoms with Gasteiger partial charge in [-0.05, 0) is 24.5 Å². The number of rotatable bonds is 2. The standard InChI is InChI=1S/C8H9ClO2/c9-7-3-1-2-6(4-7)5-8(10)11/h2,4H,1,3,5H2,(H,10,11). The summed E-state index contributed by atoms with van der Waals surface area (Å²) in [5.41, 5.74) is 0.814. The second-order valence-corrected chi connectivity index (χ2v) is 2.96. The second-order valence-electron chi connectivity index (χ2n) is 2.48. The van der Waals surface area contributed by atoms with E-state index in [1.165, 1.54) is 0 Å². The molecule has 0 aromatic heterocycles. The van der Waals surface area contributed by atoms with Gasteiger partial charge in [-0.2, -0.15) is 0 Å². The molecule has 0 amide bonds. The van der Waals surface area contributed by atoms with Crippen LogP contribution in [0, 0.1) is 0 Å². The molecule has 0 atom stereocenters. The van der Waals surface area contributed by atoms with E-state index in [1.807, 2.05) is 6.08 Å². The molecule has 11 heavy (non-hydrogen) atoms. The van der Waals surface area contributed by atoms with Crippen LogP contribution in [0.1, 0.15) is 19.3 Å². The van der Waals surface area contributed by atoms with Crippen LogP contribution in [-0.2, 0) is 4.79 Å². The minimum Gasteiger partial charge on any atom is -0.481 e. The van der Waals surface area contributed by atoms with Crippen molar-refractivity contribution >= 4 is 17.6 Å². The minimum absolute atomic E-state index is 0.0796. The number of hydrogen-bond donors (Lipinski definition) is 1. The Morgan fingerprint density at radius 1 is 1.73 bits per heavy atom. The van der Waals surface area contributed by atoms with E-state index < -0.39 is 5.97 Å². The van der Waals surface area contributed by atoms with Crippen molar-refractivity contribution in [2.75, 3.05) is 0 Å². The van der Waals surface area contributed by atoms with Gasteiger partial charge in [0.05, 0.1) is 6.42 Å². The summed E-state index contributed by atoms with van der Waals surface area (Å²) in [6.45, 7) is 0. The van der Waals surface area contributed by atoms with Crippen molar-refractivity contribution in [1.82, 2.24) is 0 Å². The Morgan fingerprint density at radius 3 is 3.00 bits per heavy atom. The van der Waals surface area contributed by atoms with Crippen LogP contribution < -0.4 is 0 Å². The van der Waals surface area contributed by atoms with Gasteiger partial charge in [0.1, 0.15) is 0 Å². The second kappa shape index (κ2) is 3.58. The molecule has 0 aliphatic heterocycles. The fourth-order valence-electron chi connectivity index (χ4n) is 1.03. The van der Waals surface area contributed by atoms with Crippen LogP contribution in [0.25, 0.3) is 0 Å². The fourth-order valence-corrected chi connectivity index (χ4v) is 1.27. The summed E-state index contributed by atoms with van der Waals surface area (Å²) in [6.07, 6.45) is 5.43. The molecule has 0 fully saturated rings. The first kappa shape index (κ1) is 8.34. The van der Waals surface area contributed by atoms with Crippen molar-refractivity contribution in [1.29, 1.82) is 0 Å². The van der Waals surface area contributed by atoms with E-state index in [9.17, 15) is 4.79 Å². The molecule has 1 N–H and O–H groups in total. The summed E-state index contributed by atoms with van der Waals surface area (Å²) in [5, 5.41) is 9.19. The Bertz CT molecular complexity index is 228. The van der Waals surface area contributed by atoms with Gasteiger partial charge in [0.25, 0.3) is 0 Å². The molecule has 0 saturated carbocycles. The number of carboxylic acid groups (broad SMARTS) is 1. The summed E-state index contributed by atoms with van der Waals surface area (Å²) in [5.74, 6) is -0.807. The molecule has 0 bridgehead atoms. The third-order valence-electron chi connectivity index (χ3n) is 1.49. The molecule has 2 nitrogen and oxygen atoms in total.